The minimum absolute atomic E-state index is 0.151. The smallest absolute Gasteiger partial charge is 0.357 e. The van der Waals surface area contributed by atoms with Gasteiger partial charge in [0.25, 0.3) is 0 Å². The van der Waals surface area contributed by atoms with Crippen LogP contribution in [-0.4, -0.2) is 83.4 Å². The fourth-order valence-electron chi connectivity index (χ4n) is 7.89. The number of ether oxygens (including phenoxy) is 2. The van der Waals surface area contributed by atoms with Gasteiger partial charge in [0, 0.05) is 35.5 Å². The Morgan fingerprint density at radius 2 is 1.91 bits per heavy atom. The van der Waals surface area contributed by atoms with Crippen molar-refractivity contribution in [1.29, 1.82) is 0 Å². The van der Waals surface area contributed by atoms with Crippen molar-refractivity contribution in [1.82, 2.24) is 30.4 Å². The fraction of sp³-hybridized carbons (Fsp3) is 0.450. The van der Waals surface area contributed by atoms with Gasteiger partial charge in [0.1, 0.15) is 0 Å². The number of carbonyl (C=O) groups is 2. The molecule has 6 heterocycles. The number of amides is 1. The Hall–Kier alpha value is -4.73. The SMILES string of the molecule is COC(=O)c1nc(N2CCCc3c2nnc(Nc2nc4ccccc4s2)c3C)sc1CCCOc1ccc(CCCN2CCC3(CC2)CNC(=O)C3)cc1F. The van der Waals surface area contributed by atoms with Crippen LogP contribution in [0.5, 0.6) is 5.75 Å². The third-order valence-corrected chi connectivity index (χ3v) is 13.1. The Balaban J connectivity index is 0.857. The monoisotopic (exact) mass is 784 g/mol. The number of halogens is 1. The predicted octanol–water partition coefficient (Wildman–Crippen LogP) is 7.15. The second-order valence-corrected chi connectivity index (χ2v) is 16.8. The Morgan fingerprint density at radius 1 is 1.05 bits per heavy atom. The summed E-state index contributed by atoms with van der Waals surface area (Å²) in [5, 5.41) is 17.0. The summed E-state index contributed by atoms with van der Waals surface area (Å²) in [5.41, 5.74) is 4.40. The van der Waals surface area contributed by atoms with Crippen LogP contribution < -0.4 is 20.3 Å². The number of aryl methyl sites for hydroxylation is 2. The highest BCUT2D eigenvalue weighted by atomic mass is 32.1. The number of methoxy groups -OCH3 is 1. The Bertz CT molecular complexity index is 2170. The molecule has 0 unspecified atom stereocenters. The van der Waals surface area contributed by atoms with Crippen molar-refractivity contribution < 1.29 is 23.5 Å². The molecular formula is C40H45FN8O4S2. The quantitative estimate of drug-likeness (QED) is 0.0932. The molecule has 0 atom stereocenters. The van der Waals surface area contributed by atoms with E-state index in [1.165, 1.54) is 18.4 Å². The van der Waals surface area contributed by atoms with Crippen LogP contribution in [0.2, 0.25) is 0 Å². The van der Waals surface area contributed by atoms with E-state index in [4.69, 9.17) is 14.5 Å². The number of likely N-dealkylation sites (tertiary alicyclic amines) is 1. The van der Waals surface area contributed by atoms with Gasteiger partial charge in [-0.05, 0) is 113 Å². The van der Waals surface area contributed by atoms with Crippen molar-refractivity contribution in [3.05, 3.63) is 75.5 Å². The van der Waals surface area contributed by atoms with E-state index in [1.54, 1.807) is 23.5 Å². The first-order valence-electron chi connectivity index (χ1n) is 19.0. The number of hydrogen-bond acceptors (Lipinski definition) is 13. The van der Waals surface area contributed by atoms with Gasteiger partial charge in [0.05, 0.1) is 23.9 Å². The molecule has 12 nitrogen and oxygen atoms in total. The molecule has 0 radical (unpaired) electrons. The molecule has 2 N–H and O–H groups in total. The van der Waals surface area contributed by atoms with Gasteiger partial charge in [-0.1, -0.05) is 29.5 Å². The summed E-state index contributed by atoms with van der Waals surface area (Å²) in [6.45, 7) is 6.80. The van der Waals surface area contributed by atoms with Crippen LogP contribution in [0.25, 0.3) is 10.2 Å². The molecule has 288 valence electrons. The van der Waals surface area contributed by atoms with Gasteiger partial charge in [-0.15, -0.1) is 21.5 Å². The highest BCUT2D eigenvalue weighted by molar-refractivity contribution is 7.22. The van der Waals surface area contributed by atoms with E-state index in [2.05, 4.69) is 30.7 Å². The second-order valence-electron chi connectivity index (χ2n) is 14.7. The summed E-state index contributed by atoms with van der Waals surface area (Å²) in [6.07, 6.45) is 7.31. The molecule has 3 aliphatic rings. The lowest BCUT2D eigenvalue weighted by Gasteiger charge is -2.38. The molecule has 0 saturated carbocycles. The molecule has 2 aromatic carbocycles. The van der Waals surface area contributed by atoms with Crippen LogP contribution in [-0.2, 0) is 28.8 Å². The molecule has 1 amide bonds. The van der Waals surface area contributed by atoms with E-state index in [0.29, 0.717) is 36.8 Å². The first kappa shape index (κ1) is 37.2. The maximum Gasteiger partial charge on any atom is 0.357 e. The van der Waals surface area contributed by atoms with Crippen LogP contribution >= 0.6 is 22.7 Å². The Morgan fingerprint density at radius 3 is 2.69 bits per heavy atom. The van der Waals surface area contributed by atoms with Crippen molar-refractivity contribution in [2.24, 2.45) is 5.41 Å². The maximum atomic E-state index is 15.1. The normalized spacial score (nSPS) is 16.7. The van der Waals surface area contributed by atoms with Crippen LogP contribution in [0.3, 0.4) is 0 Å². The number of thiazole rings is 2. The second kappa shape index (κ2) is 16.2. The van der Waals surface area contributed by atoms with Crippen LogP contribution in [0, 0.1) is 18.2 Å². The van der Waals surface area contributed by atoms with Crippen LogP contribution in [0.15, 0.2) is 42.5 Å². The van der Waals surface area contributed by atoms with E-state index in [9.17, 15) is 9.59 Å². The number of fused-ring (bicyclic) bond motifs is 2. The fourth-order valence-corrected chi connectivity index (χ4v) is 9.87. The third-order valence-electron chi connectivity index (χ3n) is 11.1. The summed E-state index contributed by atoms with van der Waals surface area (Å²) in [7, 11) is 1.35. The van der Waals surface area contributed by atoms with Crippen molar-refractivity contribution >= 4 is 66.7 Å². The molecule has 3 aromatic heterocycles. The highest BCUT2D eigenvalue weighted by Gasteiger charge is 2.40. The zero-order valence-electron chi connectivity index (χ0n) is 31.2. The molecule has 8 rings (SSSR count). The van der Waals surface area contributed by atoms with Gasteiger partial charge in [-0.25, -0.2) is 19.2 Å². The number of carbonyl (C=O) groups excluding carboxylic acids is 2. The summed E-state index contributed by atoms with van der Waals surface area (Å²) >= 11 is 3.01. The Labute approximate surface area is 327 Å². The average molecular weight is 785 g/mol. The summed E-state index contributed by atoms with van der Waals surface area (Å²) in [5.74, 6) is 0.939. The summed E-state index contributed by atoms with van der Waals surface area (Å²) in [6, 6.07) is 13.2. The summed E-state index contributed by atoms with van der Waals surface area (Å²) < 4.78 is 27.1. The number of anilines is 4. The van der Waals surface area contributed by atoms with Crippen molar-refractivity contribution in [2.75, 3.05) is 56.7 Å². The van der Waals surface area contributed by atoms with Crippen LogP contribution in [0.1, 0.15) is 70.6 Å². The van der Waals surface area contributed by atoms with Crippen molar-refractivity contribution in [3.63, 3.8) is 0 Å². The highest BCUT2D eigenvalue weighted by Crippen LogP contribution is 2.40. The lowest BCUT2D eigenvalue weighted by Crippen LogP contribution is -2.41. The molecule has 0 aliphatic carbocycles. The molecule has 2 fully saturated rings. The van der Waals surface area contributed by atoms with Gasteiger partial charge >= 0.3 is 5.97 Å². The third kappa shape index (κ3) is 8.14. The first-order valence-corrected chi connectivity index (χ1v) is 20.7. The summed E-state index contributed by atoms with van der Waals surface area (Å²) in [4.78, 5) is 39.3. The molecule has 0 bridgehead atoms. The number of piperidine rings is 1. The molecule has 3 aliphatic heterocycles. The number of rotatable bonds is 13. The maximum absolute atomic E-state index is 15.1. The topological polar surface area (TPSA) is 135 Å². The largest absolute Gasteiger partial charge is 0.491 e. The number of benzene rings is 2. The van der Waals surface area contributed by atoms with E-state index in [1.807, 2.05) is 42.2 Å². The number of para-hydroxylation sites is 1. The van der Waals surface area contributed by atoms with E-state index in [-0.39, 0.29) is 35.2 Å². The number of aromatic nitrogens is 4. The molecule has 55 heavy (non-hydrogen) atoms. The number of nitrogens with one attached hydrogen (secondary N) is 2. The van der Waals surface area contributed by atoms with Crippen LogP contribution in [0.4, 0.5) is 26.3 Å². The predicted molar refractivity (Wildman–Crippen MR) is 213 cm³/mol. The average Bonchev–Trinajstić information content (AvgIpc) is 3.92. The van der Waals surface area contributed by atoms with Gasteiger partial charge in [0.2, 0.25) is 5.91 Å². The lowest BCUT2D eigenvalue weighted by atomic mass is 9.77. The number of esters is 1. The van der Waals surface area contributed by atoms with Crippen molar-refractivity contribution in [3.8, 4) is 5.75 Å². The van der Waals surface area contributed by atoms with E-state index < -0.39 is 5.97 Å². The number of hydrogen-bond donors (Lipinski definition) is 2. The molecule has 15 heteroatoms. The molecule has 2 saturated heterocycles. The van der Waals surface area contributed by atoms with Gasteiger partial charge < -0.3 is 29.9 Å². The van der Waals surface area contributed by atoms with E-state index >= 15 is 4.39 Å². The van der Waals surface area contributed by atoms with E-state index in [0.717, 1.165) is 107 Å². The van der Waals surface area contributed by atoms with Gasteiger partial charge in [0.15, 0.2) is 39.2 Å². The van der Waals surface area contributed by atoms with Gasteiger partial charge in [-0.2, -0.15) is 0 Å². The van der Waals surface area contributed by atoms with Crippen molar-refractivity contribution in [2.45, 2.75) is 64.7 Å². The number of nitrogens with zero attached hydrogens (tertiary/aromatic N) is 6. The molecule has 5 aromatic rings. The minimum atomic E-state index is -0.498. The van der Waals surface area contributed by atoms with Gasteiger partial charge in [-0.3, -0.25) is 4.79 Å². The zero-order valence-corrected chi connectivity index (χ0v) is 32.8. The lowest BCUT2D eigenvalue weighted by molar-refractivity contribution is -0.119. The first-order chi connectivity index (χ1) is 26.8. The zero-order chi connectivity index (χ0) is 37.9. The Kier molecular flexibility index (Phi) is 10.9. The minimum Gasteiger partial charge on any atom is -0.491 e. The molecule has 1 spiro atoms. The molecular weight excluding hydrogens is 740 g/mol. The standard InChI is InChI=1S/C40H45FN8O4S2/c1-25-27-9-6-18-49(36(27)47-46-35(25)45-38-43-29-10-3-4-11-31(29)54-38)39-44-34(37(51)52-2)32(55-39)12-7-21-53-30-14-13-26(22-28(30)41)8-5-17-48-19-15-40(16-20-48)23-33(50)42-24-40/h3-4,10-11,13-14,22H,5-9,12,15-21,23-24H2,1-2H3,(H,42,50)(H,43,45,46).